The fraction of sp³-hybridized carbons (Fsp3) is 0.0833. The number of rotatable bonds is 3. The van der Waals surface area contributed by atoms with Gasteiger partial charge in [0.15, 0.2) is 4.96 Å². The van der Waals surface area contributed by atoms with E-state index in [9.17, 15) is 4.39 Å². The van der Waals surface area contributed by atoms with Gasteiger partial charge in [0, 0.05) is 22.8 Å². The van der Waals surface area contributed by atoms with E-state index in [-0.39, 0.29) is 5.82 Å². The van der Waals surface area contributed by atoms with E-state index in [1.54, 1.807) is 17.4 Å². The Hall–Kier alpha value is -1.59. The van der Waals surface area contributed by atoms with Crippen molar-refractivity contribution >= 4 is 33.6 Å². The Bertz CT molecular complexity index is 663. The minimum atomic E-state index is -0.319. The van der Waals surface area contributed by atoms with Crippen LogP contribution in [0.25, 0.3) is 4.96 Å². The Balaban J connectivity index is 1.77. The number of hydrogen-bond acceptors (Lipinski definition) is 3. The third-order valence-electron chi connectivity index (χ3n) is 2.53. The largest absolute Gasteiger partial charge is 0.377 e. The quantitative estimate of drug-likeness (QED) is 0.791. The number of aromatic nitrogens is 2. The van der Waals surface area contributed by atoms with Crippen molar-refractivity contribution in [1.82, 2.24) is 9.38 Å². The van der Waals surface area contributed by atoms with E-state index in [0.29, 0.717) is 17.3 Å². The molecule has 0 unspecified atom stereocenters. The van der Waals surface area contributed by atoms with E-state index >= 15 is 0 Å². The predicted octanol–water partition coefficient (Wildman–Crippen LogP) is 3.80. The van der Waals surface area contributed by atoms with Crippen LogP contribution in [0.5, 0.6) is 0 Å². The van der Waals surface area contributed by atoms with Gasteiger partial charge in [-0.15, -0.1) is 11.3 Å². The molecule has 92 valence electrons. The Kier molecular flexibility index (Phi) is 2.93. The first-order valence-electron chi connectivity index (χ1n) is 5.32. The summed E-state index contributed by atoms with van der Waals surface area (Å²) in [4.78, 5) is 5.33. The summed E-state index contributed by atoms with van der Waals surface area (Å²) in [5.74, 6) is -0.319. The Morgan fingerprint density at radius 2 is 2.33 bits per heavy atom. The molecule has 6 heteroatoms. The van der Waals surface area contributed by atoms with E-state index in [4.69, 9.17) is 11.6 Å². The predicted molar refractivity (Wildman–Crippen MR) is 71.8 cm³/mol. The second-order valence-electron chi connectivity index (χ2n) is 3.80. The van der Waals surface area contributed by atoms with Gasteiger partial charge in [-0.2, -0.15) is 0 Å². The van der Waals surface area contributed by atoms with Gasteiger partial charge in [0.1, 0.15) is 5.82 Å². The summed E-state index contributed by atoms with van der Waals surface area (Å²) < 4.78 is 15.4. The van der Waals surface area contributed by atoms with Crippen molar-refractivity contribution < 1.29 is 4.39 Å². The molecule has 2 aromatic heterocycles. The highest BCUT2D eigenvalue weighted by Crippen LogP contribution is 2.20. The molecule has 0 atom stereocenters. The molecule has 3 aromatic rings. The zero-order valence-electron chi connectivity index (χ0n) is 9.23. The molecule has 0 aliphatic rings. The van der Waals surface area contributed by atoms with Crippen molar-refractivity contribution in [3.8, 4) is 0 Å². The number of nitrogens with zero attached hydrogens (tertiary/aromatic N) is 2. The summed E-state index contributed by atoms with van der Waals surface area (Å²) in [5.41, 5.74) is 1.25. The first kappa shape index (κ1) is 11.5. The fourth-order valence-electron chi connectivity index (χ4n) is 1.68. The van der Waals surface area contributed by atoms with Crippen molar-refractivity contribution in [1.29, 1.82) is 0 Å². The lowest BCUT2D eigenvalue weighted by Gasteiger charge is -2.05. The Morgan fingerprint density at radius 1 is 1.44 bits per heavy atom. The van der Waals surface area contributed by atoms with E-state index in [2.05, 4.69) is 10.3 Å². The highest BCUT2D eigenvalue weighted by atomic mass is 35.5. The van der Waals surface area contributed by atoms with Crippen molar-refractivity contribution in [2.45, 2.75) is 6.54 Å². The summed E-state index contributed by atoms with van der Waals surface area (Å²) in [7, 11) is 0. The number of hydrogen-bond donors (Lipinski definition) is 1. The lowest BCUT2D eigenvalue weighted by atomic mass is 10.3. The smallest absolute Gasteiger partial charge is 0.193 e. The molecule has 0 radical (unpaired) electrons. The van der Waals surface area contributed by atoms with Gasteiger partial charge in [0.05, 0.1) is 17.9 Å². The molecule has 0 amide bonds. The molecular formula is C12H9ClFN3S. The lowest BCUT2D eigenvalue weighted by molar-refractivity contribution is 0.630. The van der Waals surface area contributed by atoms with Gasteiger partial charge in [0.25, 0.3) is 0 Å². The molecule has 3 nitrogen and oxygen atoms in total. The molecule has 0 fully saturated rings. The highest BCUT2D eigenvalue weighted by molar-refractivity contribution is 7.15. The fourth-order valence-corrected chi connectivity index (χ4v) is 2.57. The van der Waals surface area contributed by atoms with Gasteiger partial charge in [-0.05, 0) is 18.2 Å². The molecule has 0 aliphatic carbocycles. The first-order chi connectivity index (χ1) is 8.72. The van der Waals surface area contributed by atoms with Crippen LogP contribution in [0.3, 0.4) is 0 Å². The normalized spacial score (nSPS) is 11.0. The number of anilines is 1. The molecule has 0 saturated heterocycles. The van der Waals surface area contributed by atoms with Crippen molar-refractivity contribution in [3.05, 3.63) is 52.5 Å². The summed E-state index contributed by atoms with van der Waals surface area (Å²) in [6, 6.07) is 4.43. The molecular weight excluding hydrogens is 273 g/mol. The highest BCUT2D eigenvalue weighted by Gasteiger charge is 2.05. The summed E-state index contributed by atoms with van der Waals surface area (Å²) in [6.07, 6.45) is 3.86. The third kappa shape index (κ3) is 2.19. The molecule has 18 heavy (non-hydrogen) atoms. The van der Waals surface area contributed by atoms with Gasteiger partial charge in [-0.1, -0.05) is 11.6 Å². The zero-order chi connectivity index (χ0) is 12.5. The van der Waals surface area contributed by atoms with Crippen LogP contribution in [0, 0.1) is 5.82 Å². The maximum atomic E-state index is 13.5. The molecule has 3 rings (SSSR count). The number of thiazole rings is 1. The topological polar surface area (TPSA) is 29.3 Å². The van der Waals surface area contributed by atoms with Crippen molar-refractivity contribution in [3.63, 3.8) is 0 Å². The van der Waals surface area contributed by atoms with Crippen molar-refractivity contribution in [2.24, 2.45) is 0 Å². The van der Waals surface area contributed by atoms with Crippen LogP contribution in [0.15, 0.2) is 36.0 Å². The standard InChI is InChI=1S/C12H9ClFN3S/c13-8-1-2-10(14)11(5-8)15-6-9-7-17-3-4-18-12(17)16-9/h1-5,7,15H,6H2. The molecule has 1 N–H and O–H groups in total. The van der Waals surface area contributed by atoms with Crippen LogP contribution in [-0.2, 0) is 6.54 Å². The molecule has 0 aliphatic heterocycles. The second-order valence-corrected chi connectivity index (χ2v) is 5.11. The van der Waals surface area contributed by atoms with E-state index in [1.807, 2.05) is 22.2 Å². The van der Waals surface area contributed by atoms with Crippen LogP contribution in [0.4, 0.5) is 10.1 Å². The number of benzene rings is 1. The van der Waals surface area contributed by atoms with Crippen LogP contribution in [0.1, 0.15) is 5.69 Å². The van der Waals surface area contributed by atoms with Crippen LogP contribution >= 0.6 is 22.9 Å². The van der Waals surface area contributed by atoms with Crippen molar-refractivity contribution in [2.75, 3.05) is 5.32 Å². The Labute approximate surface area is 112 Å². The molecule has 1 aromatic carbocycles. The average Bonchev–Trinajstić information content (AvgIpc) is 2.90. The minimum Gasteiger partial charge on any atom is -0.377 e. The van der Waals surface area contributed by atoms with E-state index in [1.165, 1.54) is 12.1 Å². The van der Waals surface area contributed by atoms with Crippen LogP contribution in [0.2, 0.25) is 5.02 Å². The second kappa shape index (κ2) is 4.59. The van der Waals surface area contributed by atoms with Crippen LogP contribution < -0.4 is 5.32 Å². The summed E-state index contributed by atoms with van der Waals surface area (Å²) in [6.45, 7) is 0.464. The zero-order valence-corrected chi connectivity index (χ0v) is 10.8. The lowest BCUT2D eigenvalue weighted by Crippen LogP contribution is -2.01. The Morgan fingerprint density at radius 3 is 3.17 bits per heavy atom. The van der Waals surface area contributed by atoms with Crippen LogP contribution in [-0.4, -0.2) is 9.38 Å². The average molecular weight is 282 g/mol. The number of nitrogens with one attached hydrogen (secondary N) is 1. The summed E-state index contributed by atoms with van der Waals surface area (Å²) >= 11 is 7.38. The monoisotopic (exact) mass is 281 g/mol. The molecule has 0 bridgehead atoms. The molecule has 2 heterocycles. The van der Waals surface area contributed by atoms with E-state index < -0.39 is 0 Å². The number of halogens is 2. The molecule has 0 saturated carbocycles. The first-order valence-corrected chi connectivity index (χ1v) is 6.58. The third-order valence-corrected chi connectivity index (χ3v) is 3.54. The SMILES string of the molecule is Fc1ccc(Cl)cc1NCc1cn2ccsc2n1. The van der Waals surface area contributed by atoms with E-state index in [0.717, 1.165) is 10.7 Å². The maximum Gasteiger partial charge on any atom is 0.193 e. The van der Waals surface area contributed by atoms with Gasteiger partial charge in [-0.25, -0.2) is 9.37 Å². The van der Waals surface area contributed by atoms with Gasteiger partial charge < -0.3 is 5.32 Å². The number of fused-ring (bicyclic) bond motifs is 1. The van der Waals surface area contributed by atoms with Gasteiger partial charge in [-0.3, -0.25) is 4.40 Å². The minimum absolute atomic E-state index is 0.319. The summed E-state index contributed by atoms with van der Waals surface area (Å²) in [5, 5.41) is 5.46. The molecule has 0 spiro atoms. The van der Waals surface area contributed by atoms with Gasteiger partial charge >= 0.3 is 0 Å². The maximum absolute atomic E-state index is 13.5. The number of imidazole rings is 1. The van der Waals surface area contributed by atoms with Gasteiger partial charge in [0.2, 0.25) is 0 Å².